The molecule has 7 nitrogen and oxygen atoms in total. The van der Waals surface area contributed by atoms with Crippen LogP contribution in [-0.4, -0.2) is 25.7 Å². The van der Waals surface area contributed by atoms with E-state index in [0.29, 0.717) is 22.4 Å². The highest BCUT2D eigenvalue weighted by molar-refractivity contribution is 6.29. The van der Waals surface area contributed by atoms with E-state index in [1.54, 1.807) is 24.3 Å². The van der Waals surface area contributed by atoms with Crippen molar-refractivity contribution in [3.05, 3.63) is 47.4 Å². The van der Waals surface area contributed by atoms with E-state index in [9.17, 15) is 4.79 Å². The Balaban J connectivity index is 1.75. The van der Waals surface area contributed by atoms with Crippen LogP contribution in [-0.2, 0) is 11.3 Å². The van der Waals surface area contributed by atoms with Crippen molar-refractivity contribution in [1.29, 1.82) is 5.26 Å². The fourth-order valence-electron chi connectivity index (χ4n) is 1.91. The van der Waals surface area contributed by atoms with Crippen LogP contribution in [0.2, 0.25) is 5.15 Å². The Morgan fingerprint density at radius 2 is 2.09 bits per heavy atom. The molecule has 0 bridgehead atoms. The molecule has 1 aromatic carbocycles. The van der Waals surface area contributed by atoms with E-state index in [-0.39, 0.29) is 17.6 Å². The molecule has 0 radical (unpaired) electrons. The molecule has 0 saturated heterocycles. The molecule has 108 valence electrons. The highest BCUT2D eigenvalue weighted by Gasteiger charge is 2.10. The van der Waals surface area contributed by atoms with Crippen LogP contribution >= 0.6 is 11.6 Å². The normalized spacial score (nSPS) is 10.4. The number of fused-ring (bicyclic) bond motifs is 1. The summed E-state index contributed by atoms with van der Waals surface area (Å²) in [5.41, 5.74) is 2.14. The molecule has 0 atom stereocenters. The van der Waals surface area contributed by atoms with Crippen molar-refractivity contribution in [3.8, 4) is 6.07 Å². The summed E-state index contributed by atoms with van der Waals surface area (Å²) >= 11 is 5.80. The maximum absolute atomic E-state index is 12.0. The molecule has 0 aliphatic carbocycles. The van der Waals surface area contributed by atoms with Gasteiger partial charge in [0.25, 0.3) is 0 Å². The van der Waals surface area contributed by atoms with Gasteiger partial charge in [0.2, 0.25) is 5.91 Å². The van der Waals surface area contributed by atoms with Crippen molar-refractivity contribution in [3.63, 3.8) is 0 Å². The van der Waals surface area contributed by atoms with Gasteiger partial charge in [-0.3, -0.25) is 4.79 Å². The zero-order chi connectivity index (χ0) is 15.5. The number of nitrogens with one attached hydrogen (secondary N) is 1. The van der Waals surface area contributed by atoms with Crippen LogP contribution in [0.25, 0.3) is 11.2 Å². The molecule has 3 rings (SSSR count). The minimum Gasteiger partial charge on any atom is -0.324 e. The van der Waals surface area contributed by atoms with E-state index < -0.39 is 0 Å². The molecule has 8 heteroatoms. The summed E-state index contributed by atoms with van der Waals surface area (Å²) in [5.74, 6) is -0.267. The van der Waals surface area contributed by atoms with Crippen molar-refractivity contribution in [1.82, 2.24) is 19.7 Å². The minimum atomic E-state index is -0.267. The van der Waals surface area contributed by atoms with E-state index in [1.165, 1.54) is 17.1 Å². The second-order valence-electron chi connectivity index (χ2n) is 4.44. The summed E-state index contributed by atoms with van der Waals surface area (Å²) in [6.07, 6.45) is 2.94. The van der Waals surface area contributed by atoms with Gasteiger partial charge in [-0.05, 0) is 24.3 Å². The second-order valence-corrected chi connectivity index (χ2v) is 4.83. The number of rotatable bonds is 3. The molecule has 0 unspecified atom stereocenters. The third kappa shape index (κ3) is 2.87. The Morgan fingerprint density at radius 3 is 2.82 bits per heavy atom. The van der Waals surface area contributed by atoms with Crippen LogP contribution in [0.5, 0.6) is 0 Å². The van der Waals surface area contributed by atoms with Gasteiger partial charge < -0.3 is 5.32 Å². The van der Waals surface area contributed by atoms with Gasteiger partial charge in [-0.2, -0.15) is 10.4 Å². The highest BCUT2D eigenvalue weighted by atomic mass is 35.5. The zero-order valence-corrected chi connectivity index (χ0v) is 11.9. The van der Waals surface area contributed by atoms with E-state index >= 15 is 0 Å². The minimum absolute atomic E-state index is 0.0154. The van der Waals surface area contributed by atoms with Crippen molar-refractivity contribution < 1.29 is 4.79 Å². The quantitative estimate of drug-likeness (QED) is 0.797. The third-order valence-electron chi connectivity index (χ3n) is 2.91. The summed E-state index contributed by atoms with van der Waals surface area (Å²) in [4.78, 5) is 20.2. The van der Waals surface area contributed by atoms with E-state index in [2.05, 4.69) is 20.4 Å². The maximum atomic E-state index is 12.0. The molecule has 1 amide bonds. The average molecular weight is 313 g/mol. The zero-order valence-electron chi connectivity index (χ0n) is 11.2. The Hall–Kier alpha value is -2.98. The average Bonchev–Trinajstić information content (AvgIpc) is 2.90. The largest absolute Gasteiger partial charge is 0.324 e. The second kappa shape index (κ2) is 5.79. The molecular weight excluding hydrogens is 304 g/mol. The van der Waals surface area contributed by atoms with Crippen molar-refractivity contribution >= 4 is 34.4 Å². The summed E-state index contributed by atoms with van der Waals surface area (Å²) in [7, 11) is 0. The van der Waals surface area contributed by atoms with E-state index in [1.807, 2.05) is 6.07 Å². The lowest BCUT2D eigenvalue weighted by Crippen LogP contribution is -2.19. The summed E-state index contributed by atoms with van der Waals surface area (Å²) in [5, 5.41) is 15.8. The van der Waals surface area contributed by atoms with E-state index in [4.69, 9.17) is 16.9 Å². The SMILES string of the molecule is N#Cc1ccc(NC(=O)Cn2ncc3ncc(Cl)nc32)cc1. The van der Waals surface area contributed by atoms with Crippen molar-refractivity contribution in [2.24, 2.45) is 0 Å². The molecule has 22 heavy (non-hydrogen) atoms. The van der Waals surface area contributed by atoms with Crippen LogP contribution in [0.3, 0.4) is 0 Å². The first kappa shape index (κ1) is 14.0. The summed E-state index contributed by atoms with van der Waals surface area (Å²) < 4.78 is 1.42. The summed E-state index contributed by atoms with van der Waals surface area (Å²) in [6, 6.07) is 8.60. The van der Waals surface area contributed by atoms with E-state index in [0.717, 1.165) is 0 Å². The number of hydrogen-bond acceptors (Lipinski definition) is 5. The maximum Gasteiger partial charge on any atom is 0.246 e. The lowest BCUT2D eigenvalue weighted by Gasteiger charge is -2.06. The number of carbonyl (C=O) groups excluding carboxylic acids is 1. The number of anilines is 1. The molecule has 0 aliphatic heterocycles. The molecule has 2 aromatic heterocycles. The molecule has 0 saturated carbocycles. The van der Waals surface area contributed by atoms with Gasteiger partial charge in [-0.15, -0.1) is 0 Å². The molecule has 1 N–H and O–H groups in total. The van der Waals surface area contributed by atoms with Crippen LogP contribution in [0.1, 0.15) is 5.56 Å². The predicted molar refractivity (Wildman–Crippen MR) is 80.1 cm³/mol. The number of halogens is 1. The van der Waals surface area contributed by atoms with Gasteiger partial charge in [-0.1, -0.05) is 11.6 Å². The standard InChI is InChI=1S/C14H9ClN6O/c15-12-7-17-11-6-18-21(14(11)20-12)8-13(22)19-10-3-1-9(5-16)2-4-10/h1-4,6-7H,8H2,(H,19,22). The first-order chi connectivity index (χ1) is 10.7. The van der Waals surface area contributed by atoms with Crippen LogP contribution in [0.15, 0.2) is 36.7 Å². The number of amides is 1. The van der Waals surface area contributed by atoms with Gasteiger partial charge >= 0.3 is 0 Å². The molecule has 3 aromatic rings. The molecular formula is C14H9ClN6O. The van der Waals surface area contributed by atoms with Gasteiger partial charge in [0.15, 0.2) is 5.65 Å². The Kier molecular flexibility index (Phi) is 3.68. The Morgan fingerprint density at radius 1 is 1.32 bits per heavy atom. The van der Waals surface area contributed by atoms with Crippen LogP contribution in [0, 0.1) is 11.3 Å². The summed E-state index contributed by atoms with van der Waals surface area (Å²) in [6.45, 7) is -0.0154. The topological polar surface area (TPSA) is 96.5 Å². The fraction of sp³-hybridized carbons (Fsp3) is 0.0714. The van der Waals surface area contributed by atoms with Crippen LogP contribution < -0.4 is 5.32 Å². The number of benzene rings is 1. The number of nitriles is 1. The third-order valence-corrected chi connectivity index (χ3v) is 3.09. The first-order valence-electron chi connectivity index (χ1n) is 6.30. The number of nitrogens with zero attached hydrogens (tertiary/aromatic N) is 5. The Labute approximate surface area is 130 Å². The van der Waals surface area contributed by atoms with Gasteiger partial charge in [0, 0.05) is 5.69 Å². The van der Waals surface area contributed by atoms with Crippen LogP contribution in [0.4, 0.5) is 5.69 Å². The van der Waals surface area contributed by atoms with Gasteiger partial charge in [0.05, 0.1) is 24.0 Å². The lowest BCUT2D eigenvalue weighted by molar-refractivity contribution is -0.116. The van der Waals surface area contributed by atoms with Gasteiger partial charge in [-0.25, -0.2) is 14.6 Å². The number of hydrogen-bond donors (Lipinski definition) is 1. The first-order valence-corrected chi connectivity index (χ1v) is 6.67. The molecule has 0 spiro atoms. The predicted octanol–water partition coefficient (Wildman–Crippen LogP) is 1.99. The molecule has 0 fully saturated rings. The lowest BCUT2D eigenvalue weighted by atomic mass is 10.2. The van der Waals surface area contributed by atoms with Gasteiger partial charge in [0.1, 0.15) is 17.2 Å². The Bertz CT molecular complexity index is 880. The smallest absolute Gasteiger partial charge is 0.246 e. The molecule has 2 heterocycles. The number of carbonyl (C=O) groups is 1. The molecule has 0 aliphatic rings. The van der Waals surface area contributed by atoms with Crippen molar-refractivity contribution in [2.75, 3.05) is 5.32 Å². The number of aromatic nitrogens is 4. The monoisotopic (exact) mass is 312 g/mol. The fourth-order valence-corrected chi connectivity index (χ4v) is 2.04. The highest BCUT2D eigenvalue weighted by Crippen LogP contribution is 2.12. The van der Waals surface area contributed by atoms with Crippen molar-refractivity contribution in [2.45, 2.75) is 6.54 Å².